The van der Waals surface area contributed by atoms with Crippen molar-refractivity contribution in [3.63, 3.8) is 0 Å². The van der Waals surface area contributed by atoms with E-state index in [0.29, 0.717) is 5.69 Å². The van der Waals surface area contributed by atoms with Gasteiger partial charge in [0.15, 0.2) is 0 Å². The van der Waals surface area contributed by atoms with E-state index >= 15 is 0 Å². The summed E-state index contributed by atoms with van der Waals surface area (Å²) in [5.41, 5.74) is 2.90. The van der Waals surface area contributed by atoms with Crippen molar-refractivity contribution in [3.8, 4) is 0 Å². The number of carbonyl (C=O) groups excluding carboxylic acids is 1. The quantitative estimate of drug-likeness (QED) is 0.273. The molecule has 0 aliphatic carbocycles. The molecule has 1 rings (SSSR count). The zero-order chi connectivity index (χ0) is 16.3. The van der Waals surface area contributed by atoms with E-state index in [-0.39, 0.29) is 10.1 Å². The van der Waals surface area contributed by atoms with Crippen LogP contribution >= 0.6 is 11.6 Å². The highest BCUT2D eigenvalue weighted by Crippen LogP contribution is 2.12. The highest BCUT2D eigenvalue weighted by molar-refractivity contribution is 7.85. The lowest BCUT2D eigenvalue weighted by atomic mass is 10.3. The van der Waals surface area contributed by atoms with Gasteiger partial charge in [0.2, 0.25) is 5.24 Å². The van der Waals surface area contributed by atoms with Crippen molar-refractivity contribution in [2.45, 2.75) is 18.7 Å². The fourth-order valence-corrected chi connectivity index (χ4v) is 1.20. The minimum Gasteiger partial charge on any atom is -0.481 e. The Hall–Kier alpha value is -1.68. The van der Waals surface area contributed by atoms with Gasteiger partial charge in [0.1, 0.15) is 0 Å². The number of halogens is 1. The molecule has 0 aromatic heterocycles. The number of hydrogen-bond acceptors (Lipinski definition) is 6. The highest BCUT2D eigenvalue weighted by Gasteiger charge is 2.07. The van der Waals surface area contributed by atoms with Gasteiger partial charge in [0.25, 0.3) is 16.1 Å². The Labute approximate surface area is 121 Å². The molecule has 114 valence electrons. The third-order valence-corrected chi connectivity index (χ3v) is 2.19. The van der Waals surface area contributed by atoms with Crippen LogP contribution in [0.3, 0.4) is 0 Å². The zero-order valence-corrected chi connectivity index (χ0v) is 12.3. The predicted octanol–water partition coefficient (Wildman–Crippen LogP) is 1.08. The number of hydrogen-bond donors (Lipinski definition) is 4. The minimum absolute atomic E-state index is 0.151. The largest absolute Gasteiger partial charge is 0.481 e. The Morgan fingerprint density at radius 2 is 1.50 bits per heavy atom. The van der Waals surface area contributed by atoms with Crippen LogP contribution in [0.2, 0.25) is 0 Å². The first-order valence-electron chi connectivity index (χ1n) is 4.90. The lowest BCUT2D eigenvalue weighted by molar-refractivity contribution is -0.134. The van der Waals surface area contributed by atoms with E-state index in [2.05, 4.69) is 17.0 Å². The number of carboxylic acid groups (broad SMARTS) is 1. The van der Waals surface area contributed by atoms with Gasteiger partial charge in [-0.3, -0.25) is 20.0 Å². The first kappa shape index (κ1) is 20.6. The summed E-state index contributed by atoms with van der Waals surface area (Å²) in [6.45, 7) is 2.38. The number of rotatable bonds is 2. The summed E-state index contributed by atoms with van der Waals surface area (Å²) >= 11 is 4.64. The van der Waals surface area contributed by atoms with E-state index in [1.54, 1.807) is 0 Å². The summed E-state index contributed by atoms with van der Waals surface area (Å²) in [5, 5.41) is 7.06. The maximum atomic E-state index is 10.5. The van der Waals surface area contributed by atoms with Crippen molar-refractivity contribution < 1.29 is 27.7 Å². The van der Waals surface area contributed by atoms with Gasteiger partial charge in [-0.25, -0.2) is 0 Å². The Morgan fingerprint density at radius 3 is 1.70 bits per heavy atom. The van der Waals surface area contributed by atoms with Gasteiger partial charge >= 0.3 is 0 Å². The van der Waals surface area contributed by atoms with Crippen molar-refractivity contribution in [1.82, 2.24) is 0 Å². The summed E-state index contributed by atoms with van der Waals surface area (Å²) in [6, 6.07) is 5.40. The molecule has 10 heteroatoms. The molecule has 0 radical (unpaired) electrons. The molecule has 0 amide bonds. The van der Waals surface area contributed by atoms with Gasteiger partial charge in [-0.15, -0.1) is 0 Å². The van der Waals surface area contributed by atoms with Crippen LogP contribution in [-0.2, 0) is 19.7 Å². The monoisotopic (exact) mass is 326 g/mol. The standard InChI is InChI=1S/C6H8N2O3S.C2H3ClO.C2H4O2/c7-8-5-1-3-6(4-2-5)12(9,10)11;2*1-2(3)4/h1-4,8H,7H2,(H,9,10,11);1H3;1H3,(H,3,4). The molecule has 0 bridgehead atoms. The number of benzene rings is 1. The smallest absolute Gasteiger partial charge is 0.300 e. The first-order valence-corrected chi connectivity index (χ1v) is 6.72. The van der Waals surface area contributed by atoms with Gasteiger partial charge in [-0.2, -0.15) is 8.42 Å². The van der Waals surface area contributed by atoms with E-state index in [0.717, 1.165) is 6.92 Å². The summed E-state index contributed by atoms with van der Waals surface area (Å²) in [4.78, 5) is 18.1. The average molecular weight is 327 g/mol. The lowest BCUT2D eigenvalue weighted by Gasteiger charge is -1.99. The number of anilines is 1. The van der Waals surface area contributed by atoms with Gasteiger partial charge in [0.05, 0.1) is 4.90 Å². The fraction of sp³-hybridized carbons (Fsp3) is 0.200. The number of carbonyl (C=O) groups is 2. The topological polar surface area (TPSA) is 147 Å². The average Bonchev–Trinajstić information content (AvgIpc) is 2.26. The molecular weight excluding hydrogens is 312 g/mol. The number of nitrogen functional groups attached to an aromatic ring is 1. The van der Waals surface area contributed by atoms with Crippen LogP contribution in [0.25, 0.3) is 0 Å². The van der Waals surface area contributed by atoms with Crippen LogP contribution in [-0.4, -0.2) is 29.3 Å². The van der Waals surface area contributed by atoms with Gasteiger partial charge in [0, 0.05) is 19.5 Å². The van der Waals surface area contributed by atoms with Gasteiger partial charge in [-0.1, -0.05) is 0 Å². The van der Waals surface area contributed by atoms with Crippen LogP contribution < -0.4 is 11.3 Å². The van der Waals surface area contributed by atoms with Crippen molar-refractivity contribution >= 4 is 38.6 Å². The number of hydrazine groups is 1. The molecule has 0 fully saturated rings. The molecule has 5 N–H and O–H groups in total. The van der Waals surface area contributed by atoms with E-state index in [9.17, 15) is 13.2 Å². The van der Waals surface area contributed by atoms with E-state index in [1.165, 1.54) is 31.2 Å². The Balaban J connectivity index is 0. The summed E-state index contributed by atoms with van der Waals surface area (Å²) < 4.78 is 29.6. The van der Waals surface area contributed by atoms with Crippen molar-refractivity contribution in [2.75, 3.05) is 5.43 Å². The normalized spacial score (nSPS) is 9.25. The summed E-state index contributed by atoms with van der Waals surface area (Å²) in [5.74, 6) is 4.21. The second-order valence-electron chi connectivity index (χ2n) is 3.13. The number of carboxylic acids is 1. The van der Waals surface area contributed by atoms with Crippen LogP contribution in [0, 0.1) is 0 Å². The van der Waals surface area contributed by atoms with Gasteiger partial charge in [-0.05, 0) is 35.9 Å². The molecule has 8 nitrogen and oxygen atoms in total. The van der Waals surface area contributed by atoms with Crippen molar-refractivity contribution in [3.05, 3.63) is 24.3 Å². The molecule has 0 aliphatic heterocycles. The first-order chi connectivity index (χ1) is 9.00. The third kappa shape index (κ3) is 14.4. The molecule has 1 aromatic rings. The molecule has 1 aromatic carbocycles. The van der Waals surface area contributed by atoms with Gasteiger partial charge < -0.3 is 10.5 Å². The number of nitrogens with two attached hydrogens (primary N) is 1. The number of nitrogens with one attached hydrogen (secondary N) is 1. The molecule has 0 atom stereocenters. The van der Waals surface area contributed by atoms with Crippen molar-refractivity contribution in [2.24, 2.45) is 5.84 Å². The van der Waals surface area contributed by atoms with Crippen LogP contribution in [0.15, 0.2) is 29.2 Å². The maximum Gasteiger partial charge on any atom is 0.300 e. The fourth-order valence-electron chi connectivity index (χ4n) is 0.723. The predicted molar refractivity (Wildman–Crippen MR) is 73.9 cm³/mol. The second-order valence-corrected chi connectivity index (χ2v) is 5.09. The molecule has 0 heterocycles. The Kier molecular flexibility index (Phi) is 10.5. The van der Waals surface area contributed by atoms with E-state index < -0.39 is 16.1 Å². The third-order valence-electron chi connectivity index (χ3n) is 1.32. The van der Waals surface area contributed by atoms with Crippen LogP contribution in [0.1, 0.15) is 13.8 Å². The molecule has 0 spiro atoms. The van der Waals surface area contributed by atoms with Crippen molar-refractivity contribution in [1.29, 1.82) is 0 Å². The Bertz CT molecular complexity index is 509. The highest BCUT2D eigenvalue weighted by atomic mass is 35.5. The maximum absolute atomic E-state index is 10.5. The lowest BCUT2D eigenvalue weighted by Crippen LogP contribution is -2.06. The molecule has 0 unspecified atom stereocenters. The van der Waals surface area contributed by atoms with Crippen LogP contribution in [0.4, 0.5) is 5.69 Å². The molecular formula is C10H15ClN2O6S. The minimum atomic E-state index is -4.10. The van der Waals surface area contributed by atoms with Crippen LogP contribution in [0.5, 0.6) is 0 Å². The Morgan fingerprint density at radius 1 is 1.20 bits per heavy atom. The number of aliphatic carboxylic acids is 1. The summed E-state index contributed by atoms with van der Waals surface area (Å²) in [7, 11) is -4.10. The summed E-state index contributed by atoms with van der Waals surface area (Å²) in [6.07, 6.45) is 0. The molecule has 0 saturated heterocycles. The molecule has 0 aliphatic rings. The SMILES string of the molecule is CC(=O)Cl.CC(=O)O.NNc1ccc(S(=O)(=O)O)cc1. The van der Waals surface area contributed by atoms with E-state index in [1.807, 2.05) is 0 Å². The second kappa shape index (κ2) is 10.1. The zero-order valence-electron chi connectivity index (χ0n) is 10.7. The molecule has 0 saturated carbocycles. The molecule has 20 heavy (non-hydrogen) atoms. The van der Waals surface area contributed by atoms with E-state index in [4.69, 9.17) is 20.3 Å².